The molecular weight excluding hydrogens is 178 g/mol. The van der Waals surface area contributed by atoms with Gasteiger partial charge in [-0.05, 0) is 6.92 Å². The zero-order valence-corrected chi connectivity index (χ0v) is 7.44. The highest BCUT2D eigenvalue weighted by Gasteiger charge is 2.37. The van der Waals surface area contributed by atoms with Gasteiger partial charge in [0.15, 0.2) is 11.7 Å². The van der Waals surface area contributed by atoms with Crippen LogP contribution in [-0.4, -0.2) is 29.2 Å². The minimum atomic E-state index is -0.935. The van der Waals surface area contributed by atoms with Crippen molar-refractivity contribution in [1.82, 2.24) is 0 Å². The van der Waals surface area contributed by atoms with E-state index in [0.717, 1.165) is 11.8 Å². The number of carbonyl (C=O) groups excluding carboxylic acids is 2. The predicted octanol–water partition coefficient (Wildman–Crippen LogP) is 0.459. The molecule has 1 aliphatic heterocycles. The quantitative estimate of drug-likeness (QED) is 0.503. The number of carbonyl (C=O) groups is 2. The molecule has 0 aromatic rings. The Kier molecular flexibility index (Phi) is 2.86. The van der Waals surface area contributed by atoms with Gasteiger partial charge in [-0.2, -0.15) is 0 Å². The second-order valence-electron chi connectivity index (χ2n) is 2.30. The predicted molar refractivity (Wildman–Crippen MR) is 45.3 cm³/mol. The van der Waals surface area contributed by atoms with E-state index in [-0.39, 0.29) is 23.2 Å². The topological polar surface area (TPSA) is 67.2 Å². The van der Waals surface area contributed by atoms with Crippen LogP contribution in [0.5, 0.6) is 0 Å². The van der Waals surface area contributed by atoms with Crippen molar-refractivity contribution in [3.63, 3.8) is 0 Å². The molecule has 0 bridgehead atoms. The van der Waals surface area contributed by atoms with Crippen molar-refractivity contribution in [2.75, 3.05) is 12.4 Å². The zero-order valence-electron chi connectivity index (χ0n) is 6.62. The number of hydrogen-bond acceptors (Lipinski definition) is 5. The number of ether oxygens (including phenoxy) is 1. The molecule has 1 fully saturated rings. The smallest absolute Gasteiger partial charge is 0.323 e. The molecule has 0 aromatic carbocycles. The number of rotatable bonds is 2. The Hall–Kier alpha value is -0.840. The number of thioether (sulfide) groups is 1. The molecule has 0 amide bonds. The van der Waals surface area contributed by atoms with Gasteiger partial charge >= 0.3 is 5.97 Å². The molecule has 1 rings (SSSR count). The normalized spacial score (nSPS) is 22.9. The third-order valence-electron chi connectivity index (χ3n) is 1.48. The zero-order chi connectivity index (χ0) is 9.14. The van der Waals surface area contributed by atoms with Crippen molar-refractivity contribution < 1.29 is 14.3 Å². The van der Waals surface area contributed by atoms with E-state index in [1.165, 1.54) is 0 Å². The SMILES string of the molecule is CCOC(=O)C1C(=N)SCC1=O. The summed E-state index contributed by atoms with van der Waals surface area (Å²) in [6.07, 6.45) is 0. The number of ketones is 1. The fourth-order valence-electron chi connectivity index (χ4n) is 0.926. The van der Waals surface area contributed by atoms with Crippen molar-refractivity contribution in [1.29, 1.82) is 5.41 Å². The first kappa shape index (κ1) is 9.25. The lowest BCUT2D eigenvalue weighted by molar-refractivity contribution is -0.147. The van der Waals surface area contributed by atoms with Crippen molar-refractivity contribution in [2.24, 2.45) is 5.92 Å². The molecule has 1 N–H and O–H groups in total. The fraction of sp³-hybridized carbons (Fsp3) is 0.571. The van der Waals surface area contributed by atoms with Crippen molar-refractivity contribution >= 4 is 28.6 Å². The van der Waals surface area contributed by atoms with E-state index in [4.69, 9.17) is 5.41 Å². The van der Waals surface area contributed by atoms with Gasteiger partial charge in [0.2, 0.25) is 0 Å². The lowest BCUT2D eigenvalue weighted by atomic mass is 10.1. The van der Waals surface area contributed by atoms with Gasteiger partial charge in [0.05, 0.1) is 17.4 Å². The maximum atomic E-state index is 11.1. The third-order valence-corrected chi connectivity index (χ3v) is 2.45. The monoisotopic (exact) mass is 187 g/mol. The fourth-order valence-corrected chi connectivity index (χ4v) is 1.78. The summed E-state index contributed by atoms with van der Waals surface area (Å²) >= 11 is 1.10. The maximum Gasteiger partial charge on any atom is 0.323 e. The van der Waals surface area contributed by atoms with Gasteiger partial charge < -0.3 is 4.74 Å². The van der Waals surface area contributed by atoms with Crippen LogP contribution in [0.2, 0.25) is 0 Å². The van der Waals surface area contributed by atoms with Crippen molar-refractivity contribution in [3.05, 3.63) is 0 Å². The molecule has 5 heteroatoms. The van der Waals surface area contributed by atoms with E-state index in [2.05, 4.69) is 4.74 Å². The van der Waals surface area contributed by atoms with Crippen LogP contribution < -0.4 is 0 Å². The van der Waals surface area contributed by atoms with Crippen LogP contribution in [0.15, 0.2) is 0 Å². The Morgan fingerprint density at radius 1 is 1.83 bits per heavy atom. The molecule has 1 heterocycles. The number of nitrogens with one attached hydrogen (secondary N) is 1. The van der Waals surface area contributed by atoms with Crippen LogP contribution in [0.4, 0.5) is 0 Å². The Bertz CT molecular complexity index is 223. The largest absolute Gasteiger partial charge is 0.465 e. The summed E-state index contributed by atoms with van der Waals surface area (Å²) in [6, 6.07) is 0. The minimum absolute atomic E-state index is 0.110. The standard InChI is InChI=1S/C7H9NO3S/c1-2-11-7(10)5-4(9)3-12-6(5)8/h5,8H,2-3H2,1H3. The van der Waals surface area contributed by atoms with Gasteiger partial charge in [-0.1, -0.05) is 0 Å². The highest BCUT2D eigenvalue weighted by molar-refractivity contribution is 8.15. The second kappa shape index (κ2) is 3.71. The lowest BCUT2D eigenvalue weighted by Gasteiger charge is -2.05. The maximum absolute atomic E-state index is 11.1. The minimum Gasteiger partial charge on any atom is -0.465 e. The van der Waals surface area contributed by atoms with Gasteiger partial charge in [0.1, 0.15) is 0 Å². The van der Waals surface area contributed by atoms with Crippen LogP contribution in [-0.2, 0) is 14.3 Å². The molecule has 4 nitrogen and oxygen atoms in total. The number of esters is 1. The van der Waals surface area contributed by atoms with Crippen LogP contribution in [0.25, 0.3) is 0 Å². The highest BCUT2D eigenvalue weighted by Crippen LogP contribution is 2.23. The van der Waals surface area contributed by atoms with E-state index >= 15 is 0 Å². The summed E-state index contributed by atoms with van der Waals surface area (Å²) < 4.78 is 4.65. The molecule has 0 spiro atoms. The summed E-state index contributed by atoms with van der Waals surface area (Å²) in [5.41, 5.74) is 0. The Labute approximate surface area is 74.2 Å². The summed E-state index contributed by atoms with van der Waals surface area (Å²) in [6.45, 7) is 1.93. The lowest BCUT2D eigenvalue weighted by Crippen LogP contribution is -2.26. The van der Waals surface area contributed by atoms with Crippen molar-refractivity contribution in [2.45, 2.75) is 6.92 Å². The molecule has 1 atom stereocenters. The van der Waals surface area contributed by atoms with Crippen LogP contribution in [0.3, 0.4) is 0 Å². The third kappa shape index (κ3) is 1.66. The molecule has 0 aliphatic carbocycles. The molecule has 12 heavy (non-hydrogen) atoms. The van der Waals surface area contributed by atoms with Gasteiger partial charge in [-0.15, -0.1) is 11.8 Å². The van der Waals surface area contributed by atoms with E-state index in [9.17, 15) is 9.59 Å². The first-order chi connectivity index (χ1) is 5.66. The van der Waals surface area contributed by atoms with E-state index in [1.54, 1.807) is 6.92 Å². The molecule has 66 valence electrons. The molecule has 1 saturated heterocycles. The van der Waals surface area contributed by atoms with E-state index < -0.39 is 11.9 Å². The molecule has 1 unspecified atom stereocenters. The average molecular weight is 187 g/mol. The van der Waals surface area contributed by atoms with Crippen LogP contribution >= 0.6 is 11.8 Å². The van der Waals surface area contributed by atoms with E-state index in [1.807, 2.05) is 0 Å². The summed E-state index contributed by atoms with van der Waals surface area (Å²) in [5.74, 6) is -1.52. The van der Waals surface area contributed by atoms with Crippen LogP contribution in [0.1, 0.15) is 6.92 Å². The molecule has 1 aliphatic rings. The molecule has 0 saturated carbocycles. The Balaban J connectivity index is 2.66. The first-order valence-corrected chi connectivity index (χ1v) is 4.56. The highest BCUT2D eigenvalue weighted by atomic mass is 32.2. The molecular formula is C7H9NO3S. The van der Waals surface area contributed by atoms with Gasteiger partial charge in [0.25, 0.3) is 0 Å². The molecule has 0 radical (unpaired) electrons. The number of Topliss-reactive ketones (excluding diaryl/α,β-unsaturated/α-hetero) is 1. The first-order valence-electron chi connectivity index (χ1n) is 3.57. The summed E-state index contributed by atoms with van der Waals surface area (Å²) in [5, 5.41) is 7.40. The van der Waals surface area contributed by atoms with E-state index in [0.29, 0.717) is 0 Å². The number of hydrogen-bond donors (Lipinski definition) is 1. The Morgan fingerprint density at radius 2 is 2.50 bits per heavy atom. The second-order valence-corrected chi connectivity index (χ2v) is 3.32. The Morgan fingerprint density at radius 3 is 2.92 bits per heavy atom. The van der Waals surface area contributed by atoms with Crippen LogP contribution in [0, 0.1) is 11.3 Å². The van der Waals surface area contributed by atoms with Crippen molar-refractivity contribution in [3.8, 4) is 0 Å². The molecule has 0 aromatic heterocycles. The summed E-state index contributed by atoms with van der Waals surface area (Å²) in [4.78, 5) is 22.1. The summed E-state index contributed by atoms with van der Waals surface area (Å²) in [7, 11) is 0. The van der Waals surface area contributed by atoms with Gasteiger partial charge in [-0.3, -0.25) is 15.0 Å². The van der Waals surface area contributed by atoms with Gasteiger partial charge in [-0.25, -0.2) is 0 Å². The van der Waals surface area contributed by atoms with Gasteiger partial charge in [0, 0.05) is 0 Å². The average Bonchev–Trinajstić information content (AvgIpc) is 2.32.